The molecule has 1 aliphatic rings. The fraction of sp³-hybridized carbons (Fsp3) is 0.467. The number of carboxylic acid groups (broad SMARTS) is 1. The van der Waals surface area contributed by atoms with E-state index in [9.17, 15) is 9.59 Å². The maximum absolute atomic E-state index is 12.6. The minimum atomic E-state index is -1.06. The van der Waals surface area contributed by atoms with Crippen molar-refractivity contribution in [3.05, 3.63) is 35.9 Å². The quantitative estimate of drug-likeness (QED) is 0.879. The van der Waals surface area contributed by atoms with Crippen LogP contribution in [-0.2, 0) is 19.1 Å². The second kappa shape index (κ2) is 7.19. The van der Waals surface area contributed by atoms with E-state index in [1.54, 1.807) is 0 Å². The SMILES string of the molecule is CCO[C@H](C(=O)N1CCO[C@@H](C(=O)O)C1)c1ccccc1. The Balaban J connectivity index is 2.13. The average Bonchev–Trinajstić information content (AvgIpc) is 2.53. The third-order valence-electron chi connectivity index (χ3n) is 3.31. The Hall–Kier alpha value is -1.92. The summed E-state index contributed by atoms with van der Waals surface area (Å²) in [6.07, 6.45) is -1.68. The van der Waals surface area contributed by atoms with Crippen LogP contribution in [0.5, 0.6) is 0 Å². The molecule has 0 bridgehead atoms. The van der Waals surface area contributed by atoms with Crippen molar-refractivity contribution >= 4 is 11.9 Å². The number of nitrogens with zero attached hydrogens (tertiary/aromatic N) is 1. The minimum Gasteiger partial charge on any atom is -0.479 e. The van der Waals surface area contributed by atoms with E-state index >= 15 is 0 Å². The van der Waals surface area contributed by atoms with E-state index in [0.717, 1.165) is 5.56 Å². The molecule has 6 nitrogen and oxygen atoms in total. The summed E-state index contributed by atoms with van der Waals surface area (Å²) in [6.45, 7) is 2.86. The van der Waals surface area contributed by atoms with E-state index in [1.165, 1.54) is 4.90 Å². The third-order valence-corrected chi connectivity index (χ3v) is 3.31. The maximum Gasteiger partial charge on any atom is 0.334 e. The third kappa shape index (κ3) is 3.80. The molecule has 1 aromatic rings. The van der Waals surface area contributed by atoms with Crippen LogP contribution in [-0.4, -0.2) is 54.3 Å². The van der Waals surface area contributed by atoms with Crippen molar-refractivity contribution in [1.82, 2.24) is 4.90 Å². The Morgan fingerprint density at radius 1 is 1.43 bits per heavy atom. The number of carbonyl (C=O) groups is 2. The summed E-state index contributed by atoms with van der Waals surface area (Å²) in [6, 6.07) is 9.20. The molecule has 2 atom stereocenters. The van der Waals surface area contributed by atoms with Crippen LogP contribution in [0.25, 0.3) is 0 Å². The van der Waals surface area contributed by atoms with Crippen LogP contribution in [0.1, 0.15) is 18.6 Å². The molecule has 1 aliphatic heterocycles. The molecule has 0 aromatic heterocycles. The smallest absolute Gasteiger partial charge is 0.334 e. The van der Waals surface area contributed by atoms with Crippen LogP contribution in [0.15, 0.2) is 30.3 Å². The molecular formula is C15H19NO5. The molecule has 1 fully saturated rings. The molecule has 2 rings (SSSR count). The van der Waals surface area contributed by atoms with E-state index in [0.29, 0.717) is 13.2 Å². The lowest BCUT2D eigenvalue weighted by molar-refractivity contribution is -0.163. The van der Waals surface area contributed by atoms with Gasteiger partial charge in [-0.05, 0) is 12.5 Å². The largest absolute Gasteiger partial charge is 0.479 e. The van der Waals surface area contributed by atoms with Gasteiger partial charge in [-0.3, -0.25) is 4.79 Å². The van der Waals surface area contributed by atoms with Crippen molar-refractivity contribution in [2.45, 2.75) is 19.1 Å². The van der Waals surface area contributed by atoms with Crippen LogP contribution in [0.2, 0.25) is 0 Å². The lowest BCUT2D eigenvalue weighted by atomic mass is 10.1. The molecule has 21 heavy (non-hydrogen) atoms. The van der Waals surface area contributed by atoms with Crippen molar-refractivity contribution in [1.29, 1.82) is 0 Å². The Bertz CT molecular complexity index is 490. The zero-order valence-corrected chi connectivity index (χ0v) is 11.9. The van der Waals surface area contributed by atoms with E-state index in [2.05, 4.69) is 0 Å². The van der Waals surface area contributed by atoms with Gasteiger partial charge in [0, 0.05) is 13.2 Å². The first kappa shape index (κ1) is 15.5. The van der Waals surface area contributed by atoms with E-state index < -0.39 is 18.2 Å². The first-order valence-electron chi connectivity index (χ1n) is 6.93. The van der Waals surface area contributed by atoms with Gasteiger partial charge in [-0.1, -0.05) is 30.3 Å². The summed E-state index contributed by atoms with van der Waals surface area (Å²) >= 11 is 0. The molecule has 1 heterocycles. The fourth-order valence-corrected chi connectivity index (χ4v) is 2.27. The second-order valence-electron chi connectivity index (χ2n) is 4.73. The number of amides is 1. The predicted octanol–water partition coefficient (Wildman–Crippen LogP) is 1.08. The molecule has 1 N–H and O–H groups in total. The van der Waals surface area contributed by atoms with Gasteiger partial charge in [0.1, 0.15) is 0 Å². The number of carbonyl (C=O) groups excluding carboxylic acids is 1. The number of hydrogen-bond donors (Lipinski definition) is 1. The Labute approximate surface area is 123 Å². The number of rotatable bonds is 5. The standard InChI is InChI=1S/C15H19NO5/c1-2-20-13(11-6-4-3-5-7-11)14(17)16-8-9-21-12(10-16)15(18)19/h3-7,12-13H,2,8-10H2,1H3,(H,18,19)/t12-,13+/m1/s1. The summed E-state index contributed by atoms with van der Waals surface area (Å²) < 4.78 is 10.7. The minimum absolute atomic E-state index is 0.0462. The zero-order valence-electron chi connectivity index (χ0n) is 11.9. The Morgan fingerprint density at radius 2 is 2.14 bits per heavy atom. The lowest BCUT2D eigenvalue weighted by Gasteiger charge is -2.33. The number of carboxylic acids is 1. The zero-order chi connectivity index (χ0) is 15.2. The van der Waals surface area contributed by atoms with Gasteiger partial charge in [-0.2, -0.15) is 0 Å². The molecule has 1 aromatic carbocycles. The first-order chi connectivity index (χ1) is 10.1. The summed E-state index contributed by atoms with van der Waals surface area (Å²) in [5.41, 5.74) is 0.766. The Morgan fingerprint density at radius 3 is 2.76 bits per heavy atom. The summed E-state index contributed by atoms with van der Waals surface area (Å²) in [5.74, 6) is -1.28. The first-order valence-corrected chi connectivity index (χ1v) is 6.93. The molecule has 0 radical (unpaired) electrons. The maximum atomic E-state index is 12.6. The summed E-state index contributed by atoms with van der Waals surface area (Å²) in [7, 11) is 0. The van der Waals surface area contributed by atoms with Crippen LogP contribution in [0, 0.1) is 0 Å². The predicted molar refractivity (Wildman–Crippen MR) is 74.8 cm³/mol. The number of ether oxygens (including phenoxy) is 2. The van der Waals surface area contributed by atoms with Gasteiger partial charge in [0.15, 0.2) is 12.2 Å². The molecule has 0 saturated carbocycles. The molecule has 114 valence electrons. The fourth-order valence-electron chi connectivity index (χ4n) is 2.27. The monoisotopic (exact) mass is 293 g/mol. The van der Waals surface area contributed by atoms with Crippen LogP contribution < -0.4 is 0 Å². The van der Waals surface area contributed by atoms with Crippen molar-refractivity contribution in [2.75, 3.05) is 26.3 Å². The van der Waals surface area contributed by atoms with E-state index in [4.69, 9.17) is 14.6 Å². The van der Waals surface area contributed by atoms with Crippen molar-refractivity contribution in [3.8, 4) is 0 Å². The van der Waals surface area contributed by atoms with Gasteiger partial charge in [0.25, 0.3) is 5.91 Å². The average molecular weight is 293 g/mol. The second-order valence-corrected chi connectivity index (χ2v) is 4.73. The summed E-state index contributed by atoms with van der Waals surface area (Å²) in [5, 5.41) is 9.00. The van der Waals surface area contributed by atoms with Gasteiger partial charge in [-0.15, -0.1) is 0 Å². The molecule has 6 heteroatoms. The van der Waals surface area contributed by atoms with Gasteiger partial charge >= 0.3 is 5.97 Å². The van der Waals surface area contributed by atoms with Crippen molar-refractivity contribution in [2.24, 2.45) is 0 Å². The number of aliphatic carboxylic acids is 1. The highest BCUT2D eigenvalue weighted by molar-refractivity contribution is 5.83. The van der Waals surface area contributed by atoms with Crippen LogP contribution in [0.4, 0.5) is 0 Å². The summed E-state index contributed by atoms with van der Waals surface area (Å²) in [4.78, 5) is 25.1. The lowest BCUT2D eigenvalue weighted by Crippen LogP contribution is -2.50. The molecule has 1 amide bonds. The van der Waals surface area contributed by atoms with Gasteiger partial charge < -0.3 is 19.5 Å². The Kier molecular flexibility index (Phi) is 5.30. The van der Waals surface area contributed by atoms with Gasteiger partial charge in [0.05, 0.1) is 13.2 Å². The van der Waals surface area contributed by atoms with Crippen LogP contribution >= 0.6 is 0 Å². The van der Waals surface area contributed by atoms with Crippen LogP contribution in [0.3, 0.4) is 0 Å². The highest BCUT2D eigenvalue weighted by Gasteiger charge is 2.33. The van der Waals surface area contributed by atoms with E-state index in [1.807, 2.05) is 37.3 Å². The normalized spacial score (nSPS) is 20.0. The number of benzene rings is 1. The van der Waals surface area contributed by atoms with Crippen molar-refractivity contribution < 1.29 is 24.2 Å². The highest BCUT2D eigenvalue weighted by Crippen LogP contribution is 2.21. The molecule has 1 saturated heterocycles. The van der Waals surface area contributed by atoms with Gasteiger partial charge in [0.2, 0.25) is 0 Å². The number of hydrogen-bond acceptors (Lipinski definition) is 4. The highest BCUT2D eigenvalue weighted by atomic mass is 16.5. The molecule has 0 spiro atoms. The van der Waals surface area contributed by atoms with Gasteiger partial charge in [-0.25, -0.2) is 4.79 Å². The molecular weight excluding hydrogens is 274 g/mol. The van der Waals surface area contributed by atoms with Crippen molar-refractivity contribution in [3.63, 3.8) is 0 Å². The molecule has 0 unspecified atom stereocenters. The van der Waals surface area contributed by atoms with E-state index in [-0.39, 0.29) is 19.1 Å². The number of morpholine rings is 1. The molecule has 0 aliphatic carbocycles. The topological polar surface area (TPSA) is 76.1 Å².